The van der Waals surface area contributed by atoms with Crippen LogP contribution in [-0.4, -0.2) is 89.0 Å². The summed E-state index contributed by atoms with van der Waals surface area (Å²) in [5.41, 5.74) is 0. The summed E-state index contributed by atoms with van der Waals surface area (Å²) in [5, 5.41) is 40.1. The Hall–Kier alpha value is -2.34. The number of allylic oxidation sites excluding steroid dienone is 8. The molecule has 58 heavy (non-hydrogen) atoms. The molecule has 1 aliphatic heterocycles. The highest BCUT2D eigenvalue weighted by atomic mass is 16.7. The molecule has 0 bridgehead atoms. The third-order valence-electron chi connectivity index (χ3n) is 10.5. The summed E-state index contributed by atoms with van der Waals surface area (Å²) in [6, 6.07) is 0. The normalized spacial score (nSPS) is 20.6. The Morgan fingerprint density at radius 2 is 1.02 bits per heavy atom. The van der Waals surface area contributed by atoms with Gasteiger partial charge in [0.2, 0.25) is 0 Å². The fraction of sp³-hybridized carbons (Fsp3) is 0.792. The maximum absolute atomic E-state index is 12.8. The zero-order valence-electron chi connectivity index (χ0n) is 36.5. The predicted molar refractivity (Wildman–Crippen MR) is 233 cm³/mol. The molecule has 10 heteroatoms. The van der Waals surface area contributed by atoms with E-state index in [9.17, 15) is 30.0 Å². The van der Waals surface area contributed by atoms with Crippen LogP contribution in [0, 0.1) is 0 Å². The highest BCUT2D eigenvalue weighted by Crippen LogP contribution is 2.23. The third kappa shape index (κ3) is 29.8. The number of ether oxygens (including phenoxy) is 4. The second kappa shape index (κ2) is 38.8. The first kappa shape index (κ1) is 53.7. The molecule has 1 heterocycles. The zero-order chi connectivity index (χ0) is 42.3. The molecule has 1 rings (SSSR count). The SMILES string of the molecule is CC/C=C\C/C=C\C/C=C\C/C=C\CCCCCCC(=O)OC(COC(=O)CCCCCCCCCCCCCCCCCC)COC1OC(CO)C(O)C(O)C1O. The van der Waals surface area contributed by atoms with Crippen LogP contribution in [-0.2, 0) is 28.5 Å². The predicted octanol–water partition coefficient (Wildman–Crippen LogP) is 10.1. The molecular weight excluding hydrogens is 737 g/mol. The molecule has 1 aliphatic rings. The van der Waals surface area contributed by atoms with Gasteiger partial charge in [-0.05, 0) is 51.4 Å². The van der Waals surface area contributed by atoms with Crippen molar-refractivity contribution < 1.29 is 49.0 Å². The minimum absolute atomic E-state index is 0.202. The summed E-state index contributed by atoms with van der Waals surface area (Å²) in [6.45, 7) is 3.29. The Morgan fingerprint density at radius 3 is 1.53 bits per heavy atom. The number of carbonyl (C=O) groups excluding carboxylic acids is 2. The Morgan fingerprint density at radius 1 is 0.552 bits per heavy atom. The Balaban J connectivity index is 2.33. The van der Waals surface area contributed by atoms with Gasteiger partial charge in [-0.3, -0.25) is 9.59 Å². The molecule has 336 valence electrons. The average molecular weight is 821 g/mol. The number of esters is 2. The van der Waals surface area contributed by atoms with Crippen molar-refractivity contribution in [2.24, 2.45) is 0 Å². The highest BCUT2D eigenvalue weighted by Gasteiger charge is 2.44. The molecule has 10 nitrogen and oxygen atoms in total. The van der Waals surface area contributed by atoms with E-state index in [4.69, 9.17) is 18.9 Å². The minimum atomic E-state index is -1.60. The molecule has 1 fully saturated rings. The van der Waals surface area contributed by atoms with E-state index in [1.807, 2.05) is 0 Å². The highest BCUT2D eigenvalue weighted by molar-refractivity contribution is 5.70. The fourth-order valence-corrected chi connectivity index (χ4v) is 6.83. The lowest BCUT2D eigenvalue weighted by Gasteiger charge is -2.39. The van der Waals surface area contributed by atoms with Gasteiger partial charge in [-0.1, -0.05) is 172 Å². The van der Waals surface area contributed by atoms with Gasteiger partial charge in [0, 0.05) is 12.8 Å². The van der Waals surface area contributed by atoms with Crippen LogP contribution in [0.4, 0.5) is 0 Å². The third-order valence-corrected chi connectivity index (χ3v) is 10.5. The van der Waals surface area contributed by atoms with Crippen molar-refractivity contribution in [3.63, 3.8) is 0 Å². The van der Waals surface area contributed by atoms with Crippen molar-refractivity contribution in [3.05, 3.63) is 48.6 Å². The topological polar surface area (TPSA) is 152 Å². The number of aliphatic hydroxyl groups is 4. The van der Waals surface area contributed by atoms with Gasteiger partial charge in [-0.15, -0.1) is 0 Å². The van der Waals surface area contributed by atoms with Crippen LogP contribution < -0.4 is 0 Å². The maximum atomic E-state index is 12.8. The molecule has 6 atom stereocenters. The van der Waals surface area contributed by atoms with Crippen LogP contribution in [0.2, 0.25) is 0 Å². The van der Waals surface area contributed by atoms with Crippen LogP contribution >= 0.6 is 0 Å². The van der Waals surface area contributed by atoms with Gasteiger partial charge >= 0.3 is 11.9 Å². The van der Waals surface area contributed by atoms with E-state index in [2.05, 4.69) is 62.5 Å². The summed E-state index contributed by atoms with van der Waals surface area (Å²) < 4.78 is 22.2. The van der Waals surface area contributed by atoms with E-state index in [-0.39, 0.29) is 32.0 Å². The van der Waals surface area contributed by atoms with E-state index >= 15 is 0 Å². The molecule has 0 amide bonds. The quantitative estimate of drug-likeness (QED) is 0.0269. The monoisotopic (exact) mass is 821 g/mol. The van der Waals surface area contributed by atoms with Crippen LogP contribution in [0.3, 0.4) is 0 Å². The minimum Gasteiger partial charge on any atom is -0.462 e. The lowest BCUT2D eigenvalue weighted by atomic mass is 9.99. The molecule has 0 aromatic rings. The summed E-state index contributed by atoms with van der Waals surface area (Å²) >= 11 is 0. The number of aliphatic hydroxyl groups excluding tert-OH is 4. The molecule has 0 aromatic carbocycles. The molecule has 0 radical (unpaired) electrons. The first-order valence-electron chi connectivity index (χ1n) is 23.2. The van der Waals surface area contributed by atoms with Crippen LogP contribution in [0.1, 0.15) is 187 Å². The number of hydrogen-bond acceptors (Lipinski definition) is 10. The van der Waals surface area contributed by atoms with Crippen molar-refractivity contribution in [3.8, 4) is 0 Å². The second-order valence-electron chi connectivity index (χ2n) is 15.8. The van der Waals surface area contributed by atoms with E-state index in [1.165, 1.54) is 83.5 Å². The first-order chi connectivity index (χ1) is 28.3. The van der Waals surface area contributed by atoms with Gasteiger partial charge in [-0.25, -0.2) is 0 Å². The Labute approximate surface area is 352 Å². The lowest BCUT2D eigenvalue weighted by Crippen LogP contribution is -2.59. The van der Waals surface area contributed by atoms with E-state index in [1.54, 1.807) is 0 Å². The molecule has 0 aromatic heterocycles. The summed E-state index contributed by atoms with van der Waals surface area (Å²) in [7, 11) is 0. The molecule has 0 saturated carbocycles. The van der Waals surface area contributed by atoms with Crippen molar-refractivity contribution in [1.82, 2.24) is 0 Å². The molecule has 0 aliphatic carbocycles. The first-order valence-corrected chi connectivity index (χ1v) is 23.2. The standard InChI is InChI=1S/C48H84O10/c1-3-5-7-9-11-13-15-17-19-21-23-25-27-29-31-33-35-37-44(51)57-41(40-56-48-47(54)46(53)45(52)42(38-49)58-48)39-55-43(50)36-34-32-30-28-26-24-22-20-18-16-14-12-10-8-6-4-2/h5,7,11,13,17,19,23,25,41-42,45-49,52-54H,3-4,6,8-10,12,14-16,18,20-22,24,26-40H2,1-2H3/b7-5-,13-11-,19-17-,25-23-. The second-order valence-corrected chi connectivity index (χ2v) is 15.8. The molecule has 4 N–H and O–H groups in total. The average Bonchev–Trinajstić information content (AvgIpc) is 3.22. The van der Waals surface area contributed by atoms with E-state index in [0.29, 0.717) is 6.42 Å². The summed E-state index contributed by atoms with van der Waals surface area (Å²) in [4.78, 5) is 25.4. The van der Waals surface area contributed by atoms with Crippen LogP contribution in [0.15, 0.2) is 48.6 Å². The summed E-state index contributed by atoms with van der Waals surface area (Å²) in [5.74, 6) is -0.831. The van der Waals surface area contributed by atoms with Gasteiger partial charge in [0.1, 0.15) is 31.0 Å². The number of carbonyl (C=O) groups is 2. The smallest absolute Gasteiger partial charge is 0.306 e. The van der Waals surface area contributed by atoms with Crippen LogP contribution in [0.25, 0.3) is 0 Å². The lowest BCUT2D eigenvalue weighted by molar-refractivity contribution is -0.305. The van der Waals surface area contributed by atoms with Crippen LogP contribution in [0.5, 0.6) is 0 Å². The Bertz CT molecular complexity index is 1090. The van der Waals surface area contributed by atoms with Gasteiger partial charge < -0.3 is 39.4 Å². The maximum Gasteiger partial charge on any atom is 0.306 e. The van der Waals surface area contributed by atoms with Gasteiger partial charge in [0.05, 0.1) is 13.2 Å². The van der Waals surface area contributed by atoms with E-state index in [0.717, 1.165) is 70.6 Å². The van der Waals surface area contributed by atoms with Crippen molar-refractivity contribution in [2.75, 3.05) is 19.8 Å². The van der Waals surface area contributed by atoms with Gasteiger partial charge in [0.15, 0.2) is 12.4 Å². The molecular formula is C48H84O10. The molecule has 6 unspecified atom stereocenters. The number of hydrogen-bond donors (Lipinski definition) is 4. The van der Waals surface area contributed by atoms with Crippen molar-refractivity contribution in [1.29, 1.82) is 0 Å². The Kier molecular flexibility index (Phi) is 35.9. The molecule has 1 saturated heterocycles. The largest absolute Gasteiger partial charge is 0.462 e. The molecule has 0 spiro atoms. The number of rotatable bonds is 38. The number of unbranched alkanes of at least 4 members (excludes halogenated alkanes) is 19. The van der Waals surface area contributed by atoms with Gasteiger partial charge in [-0.2, -0.15) is 0 Å². The fourth-order valence-electron chi connectivity index (χ4n) is 6.83. The zero-order valence-corrected chi connectivity index (χ0v) is 36.5. The van der Waals surface area contributed by atoms with Crippen molar-refractivity contribution >= 4 is 11.9 Å². The van der Waals surface area contributed by atoms with Gasteiger partial charge in [0.25, 0.3) is 0 Å². The van der Waals surface area contributed by atoms with E-state index < -0.39 is 49.4 Å². The summed E-state index contributed by atoms with van der Waals surface area (Å²) in [6.07, 6.45) is 38.3. The van der Waals surface area contributed by atoms with Crippen molar-refractivity contribution in [2.45, 2.75) is 224 Å².